The molecule has 2 rings (SSSR count). The van der Waals surface area contributed by atoms with E-state index in [1.54, 1.807) is 19.4 Å². The van der Waals surface area contributed by atoms with Gasteiger partial charge >= 0.3 is 0 Å². The monoisotopic (exact) mass is 290 g/mol. The van der Waals surface area contributed by atoms with E-state index in [1.807, 2.05) is 30.3 Å². The van der Waals surface area contributed by atoms with Gasteiger partial charge in [-0.2, -0.15) is 0 Å². The Labute approximate surface area is 122 Å². The number of pyridine rings is 1. The maximum Gasteiger partial charge on any atom is 0.193 e. The number of aliphatic imine (C=N–C) groups is 1. The molecule has 0 atom stereocenters. The molecule has 1 aromatic carbocycles. The zero-order valence-corrected chi connectivity index (χ0v) is 11.8. The molecule has 0 saturated carbocycles. The maximum absolute atomic E-state index is 5.82. The number of nitrogens with two attached hydrogens (primary N) is 1. The van der Waals surface area contributed by atoms with Crippen molar-refractivity contribution in [3.05, 3.63) is 53.3 Å². The van der Waals surface area contributed by atoms with Gasteiger partial charge in [0.05, 0.1) is 24.4 Å². The highest BCUT2D eigenvalue weighted by Crippen LogP contribution is 2.16. The first kappa shape index (κ1) is 14.1. The molecule has 0 unspecified atom stereocenters. The van der Waals surface area contributed by atoms with E-state index in [-0.39, 0.29) is 0 Å². The standard InChI is InChI=1S/C14H15ClN4O/c1-20-13-4-2-3-11(7-13)19-14(16)18-9-12-6-5-10(15)8-17-12/h2-8H,9H2,1H3,(H3,16,18,19). The van der Waals surface area contributed by atoms with Gasteiger partial charge in [0.2, 0.25) is 0 Å². The van der Waals surface area contributed by atoms with Gasteiger partial charge in [0.25, 0.3) is 0 Å². The predicted molar refractivity (Wildman–Crippen MR) is 81.2 cm³/mol. The fourth-order valence-corrected chi connectivity index (χ4v) is 1.67. The van der Waals surface area contributed by atoms with Crippen LogP contribution in [0.3, 0.4) is 0 Å². The number of aromatic nitrogens is 1. The molecular weight excluding hydrogens is 276 g/mol. The van der Waals surface area contributed by atoms with Crippen molar-refractivity contribution in [1.29, 1.82) is 0 Å². The molecule has 0 fully saturated rings. The summed E-state index contributed by atoms with van der Waals surface area (Å²) in [5.41, 5.74) is 7.43. The molecule has 0 aliphatic rings. The number of guanidine groups is 1. The number of ether oxygens (including phenoxy) is 1. The Hall–Kier alpha value is -2.27. The molecule has 1 heterocycles. The van der Waals surface area contributed by atoms with E-state index in [0.717, 1.165) is 17.1 Å². The van der Waals surface area contributed by atoms with Crippen LogP contribution in [0.5, 0.6) is 5.75 Å². The van der Waals surface area contributed by atoms with Crippen molar-refractivity contribution >= 4 is 23.2 Å². The summed E-state index contributed by atoms with van der Waals surface area (Å²) < 4.78 is 5.13. The fraction of sp³-hybridized carbons (Fsp3) is 0.143. The van der Waals surface area contributed by atoms with Gasteiger partial charge in [-0.05, 0) is 24.3 Å². The highest BCUT2D eigenvalue weighted by molar-refractivity contribution is 6.30. The molecule has 20 heavy (non-hydrogen) atoms. The summed E-state index contributed by atoms with van der Waals surface area (Å²) >= 11 is 5.76. The van der Waals surface area contributed by atoms with Gasteiger partial charge in [0.1, 0.15) is 5.75 Å². The van der Waals surface area contributed by atoms with E-state index in [2.05, 4.69) is 15.3 Å². The lowest BCUT2D eigenvalue weighted by atomic mass is 10.3. The van der Waals surface area contributed by atoms with Gasteiger partial charge in [0.15, 0.2) is 5.96 Å². The van der Waals surface area contributed by atoms with Gasteiger partial charge in [-0.25, -0.2) is 4.99 Å². The number of nitrogens with one attached hydrogen (secondary N) is 1. The Kier molecular flexibility index (Phi) is 4.79. The van der Waals surface area contributed by atoms with Gasteiger partial charge in [-0.1, -0.05) is 17.7 Å². The normalized spacial score (nSPS) is 11.2. The Morgan fingerprint density at radius 2 is 2.25 bits per heavy atom. The third-order valence-electron chi connectivity index (χ3n) is 2.54. The van der Waals surface area contributed by atoms with Crippen molar-refractivity contribution in [2.75, 3.05) is 12.4 Å². The summed E-state index contributed by atoms with van der Waals surface area (Å²) in [4.78, 5) is 8.35. The molecule has 0 spiro atoms. The van der Waals surface area contributed by atoms with Gasteiger partial charge in [-0.15, -0.1) is 0 Å². The van der Waals surface area contributed by atoms with Gasteiger partial charge in [0, 0.05) is 18.0 Å². The fourth-order valence-electron chi connectivity index (χ4n) is 1.55. The molecule has 6 heteroatoms. The topological polar surface area (TPSA) is 72.5 Å². The Balaban J connectivity index is 1.98. The molecule has 3 N–H and O–H groups in total. The van der Waals surface area contributed by atoms with Crippen LogP contribution in [0.25, 0.3) is 0 Å². The zero-order valence-electron chi connectivity index (χ0n) is 11.0. The van der Waals surface area contributed by atoms with Crippen molar-refractivity contribution < 1.29 is 4.74 Å². The summed E-state index contributed by atoms with van der Waals surface area (Å²) in [6.45, 7) is 0.389. The third kappa shape index (κ3) is 4.13. The Morgan fingerprint density at radius 3 is 2.95 bits per heavy atom. The molecule has 1 aromatic heterocycles. The van der Waals surface area contributed by atoms with E-state index >= 15 is 0 Å². The average molecular weight is 291 g/mol. The quantitative estimate of drug-likeness (QED) is 0.671. The van der Waals surface area contributed by atoms with Crippen LogP contribution in [0, 0.1) is 0 Å². The Bertz CT molecular complexity index is 598. The van der Waals surface area contributed by atoms with Crippen LogP contribution in [-0.4, -0.2) is 18.1 Å². The zero-order chi connectivity index (χ0) is 14.4. The van der Waals surface area contributed by atoms with Crippen LogP contribution in [0.2, 0.25) is 5.02 Å². The molecule has 0 bridgehead atoms. The van der Waals surface area contributed by atoms with Gasteiger partial charge < -0.3 is 15.8 Å². The van der Waals surface area contributed by atoms with Crippen molar-refractivity contribution in [3.63, 3.8) is 0 Å². The number of anilines is 1. The van der Waals surface area contributed by atoms with Crippen molar-refractivity contribution in [2.24, 2.45) is 10.7 Å². The van der Waals surface area contributed by atoms with E-state index in [0.29, 0.717) is 17.5 Å². The Morgan fingerprint density at radius 1 is 1.40 bits per heavy atom. The minimum absolute atomic E-state index is 0.315. The van der Waals surface area contributed by atoms with Crippen molar-refractivity contribution in [1.82, 2.24) is 4.98 Å². The largest absolute Gasteiger partial charge is 0.497 e. The number of methoxy groups -OCH3 is 1. The van der Waals surface area contributed by atoms with Gasteiger partial charge in [-0.3, -0.25) is 4.98 Å². The summed E-state index contributed by atoms with van der Waals surface area (Å²) in [7, 11) is 1.61. The highest BCUT2D eigenvalue weighted by Gasteiger charge is 1.98. The smallest absolute Gasteiger partial charge is 0.193 e. The minimum Gasteiger partial charge on any atom is -0.497 e. The molecule has 0 amide bonds. The minimum atomic E-state index is 0.315. The molecule has 0 radical (unpaired) electrons. The van der Waals surface area contributed by atoms with Crippen LogP contribution in [0.4, 0.5) is 5.69 Å². The van der Waals surface area contributed by atoms with E-state index in [1.165, 1.54) is 0 Å². The first-order chi connectivity index (χ1) is 9.67. The first-order valence-corrected chi connectivity index (χ1v) is 6.36. The van der Waals surface area contributed by atoms with Crippen LogP contribution < -0.4 is 15.8 Å². The lowest BCUT2D eigenvalue weighted by Crippen LogP contribution is -2.22. The number of hydrogen-bond donors (Lipinski definition) is 2. The summed E-state index contributed by atoms with van der Waals surface area (Å²) in [5, 5.41) is 3.59. The third-order valence-corrected chi connectivity index (χ3v) is 2.77. The second-order valence-electron chi connectivity index (χ2n) is 4.03. The molecule has 0 aliphatic heterocycles. The van der Waals surface area contributed by atoms with Crippen LogP contribution in [-0.2, 0) is 6.54 Å². The molecule has 5 nitrogen and oxygen atoms in total. The van der Waals surface area contributed by atoms with Crippen molar-refractivity contribution in [3.8, 4) is 5.75 Å². The molecule has 0 aliphatic carbocycles. The summed E-state index contributed by atoms with van der Waals surface area (Å²) in [6, 6.07) is 11.0. The van der Waals surface area contributed by atoms with Crippen molar-refractivity contribution in [2.45, 2.75) is 6.54 Å². The van der Waals surface area contributed by atoms with Crippen LogP contribution in [0.15, 0.2) is 47.6 Å². The summed E-state index contributed by atoms with van der Waals surface area (Å²) in [5.74, 6) is 1.07. The molecule has 0 saturated heterocycles. The number of nitrogens with zero attached hydrogens (tertiary/aromatic N) is 2. The van der Waals surface area contributed by atoms with E-state index in [4.69, 9.17) is 22.1 Å². The number of halogens is 1. The van der Waals surface area contributed by atoms with E-state index < -0.39 is 0 Å². The number of rotatable bonds is 4. The SMILES string of the molecule is COc1cccc(NC(N)=NCc2ccc(Cl)cn2)c1. The maximum atomic E-state index is 5.82. The summed E-state index contributed by atoms with van der Waals surface area (Å²) in [6.07, 6.45) is 1.58. The van der Waals surface area contributed by atoms with Crippen LogP contribution >= 0.6 is 11.6 Å². The van der Waals surface area contributed by atoms with Crippen LogP contribution in [0.1, 0.15) is 5.69 Å². The average Bonchev–Trinajstić information content (AvgIpc) is 2.47. The second kappa shape index (κ2) is 6.77. The molecule has 2 aromatic rings. The van der Waals surface area contributed by atoms with E-state index in [9.17, 15) is 0 Å². The highest BCUT2D eigenvalue weighted by atomic mass is 35.5. The lowest BCUT2D eigenvalue weighted by Gasteiger charge is -2.07. The second-order valence-corrected chi connectivity index (χ2v) is 4.46. The predicted octanol–water partition coefficient (Wildman–Crippen LogP) is 2.67. The molecule has 104 valence electrons. The number of benzene rings is 1. The lowest BCUT2D eigenvalue weighted by molar-refractivity contribution is 0.415. The first-order valence-electron chi connectivity index (χ1n) is 5.99. The number of hydrogen-bond acceptors (Lipinski definition) is 3. The molecular formula is C14H15ClN4O.